The molecule has 1 heterocycles. The largest absolute Gasteiger partial charge is 0.323 e. The standard InChI is InChI=1S/C7H8N2O.C2H6/c1-3-4-6-5(2)8-7(10)9-6;1-2/h3-4H,1-2H2,(H2,8,9,10);1-2H3/b6-4+;. The van der Waals surface area contributed by atoms with Crippen molar-refractivity contribution in [2.75, 3.05) is 0 Å². The van der Waals surface area contributed by atoms with E-state index in [0.29, 0.717) is 10.7 Å². The zero-order valence-electron chi connectivity index (χ0n) is 7.48. The van der Waals surface area contributed by atoms with Crippen molar-refractivity contribution in [1.29, 1.82) is 0 Å². The van der Waals surface area contributed by atoms with Gasteiger partial charge in [0.05, 0.1) is 10.7 Å². The van der Waals surface area contributed by atoms with Crippen molar-refractivity contribution in [3.05, 3.63) is 33.8 Å². The molecule has 0 saturated heterocycles. The molecule has 0 amide bonds. The quantitative estimate of drug-likeness (QED) is 0.611. The summed E-state index contributed by atoms with van der Waals surface area (Å²) in [4.78, 5) is 15.6. The van der Waals surface area contributed by atoms with E-state index in [1.807, 2.05) is 13.8 Å². The Labute approximate surface area is 71.1 Å². The van der Waals surface area contributed by atoms with Crippen molar-refractivity contribution >= 4 is 12.7 Å². The van der Waals surface area contributed by atoms with Crippen LogP contribution >= 0.6 is 0 Å². The van der Waals surface area contributed by atoms with Gasteiger partial charge in [0.25, 0.3) is 0 Å². The van der Waals surface area contributed by atoms with Gasteiger partial charge in [-0.3, -0.25) is 0 Å². The lowest BCUT2D eigenvalue weighted by Crippen LogP contribution is -2.21. The van der Waals surface area contributed by atoms with E-state index in [-0.39, 0.29) is 5.69 Å². The van der Waals surface area contributed by atoms with Crippen LogP contribution in [0.2, 0.25) is 0 Å². The van der Waals surface area contributed by atoms with E-state index in [1.54, 1.807) is 12.2 Å². The van der Waals surface area contributed by atoms with Crippen molar-refractivity contribution in [1.82, 2.24) is 9.97 Å². The molecule has 2 N–H and O–H groups in total. The molecule has 0 aromatic carbocycles. The van der Waals surface area contributed by atoms with E-state index in [1.165, 1.54) is 0 Å². The van der Waals surface area contributed by atoms with E-state index in [4.69, 9.17) is 0 Å². The Kier molecular flexibility index (Phi) is 4.53. The van der Waals surface area contributed by atoms with Crippen molar-refractivity contribution in [2.24, 2.45) is 0 Å². The minimum atomic E-state index is -0.238. The normalized spacial score (nSPS) is 10.3. The Balaban J connectivity index is 0.000000561. The molecule has 1 aromatic rings. The van der Waals surface area contributed by atoms with E-state index in [2.05, 4.69) is 23.1 Å². The summed E-state index contributed by atoms with van der Waals surface area (Å²) in [5, 5.41) is 1.27. The van der Waals surface area contributed by atoms with Crippen LogP contribution in [0.25, 0.3) is 12.7 Å². The first-order valence-electron chi connectivity index (χ1n) is 3.84. The molecule has 3 heteroatoms. The number of rotatable bonds is 1. The second kappa shape index (κ2) is 5.18. The summed E-state index contributed by atoms with van der Waals surface area (Å²) in [6, 6.07) is 0. The molecule has 0 atom stereocenters. The van der Waals surface area contributed by atoms with E-state index < -0.39 is 0 Å². The minimum absolute atomic E-state index is 0.238. The predicted molar refractivity (Wildman–Crippen MR) is 52.2 cm³/mol. The van der Waals surface area contributed by atoms with Gasteiger partial charge in [0.2, 0.25) is 0 Å². The molecule has 1 aromatic heterocycles. The van der Waals surface area contributed by atoms with Gasteiger partial charge in [-0.25, -0.2) is 4.79 Å². The number of hydrogen-bond donors (Lipinski definition) is 2. The fraction of sp³-hybridized carbons (Fsp3) is 0.222. The monoisotopic (exact) mass is 166 g/mol. The average molecular weight is 166 g/mol. The summed E-state index contributed by atoms with van der Waals surface area (Å²) in [5.41, 5.74) is -0.238. The van der Waals surface area contributed by atoms with Gasteiger partial charge < -0.3 is 9.97 Å². The summed E-state index contributed by atoms with van der Waals surface area (Å²) in [6.45, 7) is 11.1. The van der Waals surface area contributed by atoms with Crippen LogP contribution < -0.4 is 16.4 Å². The summed E-state index contributed by atoms with van der Waals surface area (Å²) >= 11 is 0. The summed E-state index contributed by atoms with van der Waals surface area (Å²) in [7, 11) is 0. The molecule has 0 spiro atoms. The van der Waals surface area contributed by atoms with E-state index in [0.717, 1.165) is 0 Å². The van der Waals surface area contributed by atoms with E-state index >= 15 is 0 Å². The van der Waals surface area contributed by atoms with Gasteiger partial charge in [0.15, 0.2) is 0 Å². The Morgan fingerprint density at radius 3 is 2.25 bits per heavy atom. The molecular formula is C9H14N2O. The van der Waals surface area contributed by atoms with Gasteiger partial charge in [-0.1, -0.05) is 33.1 Å². The second-order valence-corrected chi connectivity index (χ2v) is 1.87. The molecule has 0 aliphatic carbocycles. The van der Waals surface area contributed by atoms with Gasteiger partial charge in [0, 0.05) is 0 Å². The third kappa shape index (κ3) is 2.62. The molecule has 0 fully saturated rings. The van der Waals surface area contributed by atoms with Crippen molar-refractivity contribution < 1.29 is 0 Å². The van der Waals surface area contributed by atoms with Crippen LogP contribution in [0.1, 0.15) is 13.8 Å². The van der Waals surface area contributed by atoms with Gasteiger partial charge >= 0.3 is 5.69 Å². The first-order chi connectivity index (χ1) is 5.74. The molecule has 0 bridgehead atoms. The highest BCUT2D eigenvalue weighted by Gasteiger charge is 1.83. The third-order valence-electron chi connectivity index (χ3n) is 1.12. The lowest BCUT2D eigenvalue weighted by Gasteiger charge is -1.69. The Morgan fingerprint density at radius 1 is 1.33 bits per heavy atom. The fourth-order valence-electron chi connectivity index (χ4n) is 0.693. The highest BCUT2D eigenvalue weighted by atomic mass is 16.1. The second-order valence-electron chi connectivity index (χ2n) is 1.87. The Hall–Kier alpha value is -1.51. The maximum atomic E-state index is 10.6. The zero-order valence-corrected chi connectivity index (χ0v) is 7.48. The summed E-state index contributed by atoms with van der Waals surface area (Å²) < 4.78 is 0. The SMILES string of the molecule is C=C/C=c1/[nH]c(=O)[nH]c1=C.CC. The van der Waals surface area contributed by atoms with Crippen LogP contribution in [0.3, 0.4) is 0 Å². The van der Waals surface area contributed by atoms with Gasteiger partial charge in [-0.05, 0) is 6.08 Å². The first-order valence-corrected chi connectivity index (χ1v) is 3.84. The number of hydrogen-bond acceptors (Lipinski definition) is 1. The van der Waals surface area contributed by atoms with Gasteiger partial charge in [-0.15, -0.1) is 0 Å². The highest BCUT2D eigenvalue weighted by Crippen LogP contribution is 1.57. The van der Waals surface area contributed by atoms with Gasteiger partial charge in [-0.2, -0.15) is 0 Å². The topological polar surface area (TPSA) is 48.6 Å². The molecular weight excluding hydrogens is 152 g/mol. The number of aromatic nitrogens is 2. The molecule has 0 saturated carbocycles. The molecule has 0 radical (unpaired) electrons. The molecule has 0 aliphatic rings. The average Bonchev–Trinajstić information content (AvgIpc) is 2.35. The molecule has 1 rings (SSSR count). The smallest absolute Gasteiger partial charge is 0.306 e. The fourth-order valence-corrected chi connectivity index (χ4v) is 0.693. The van der Waals surface area contributed by atoms with Crippen LogP contribution in [-0.2, 0) is 0 Å². The summed E-state index contributed by atoms with van der Waals surface area (Å²) in [5.74, 6) is 0. The highest BCUT2D eigenvalue weighted by molar-refractivity contribution is 5.31. The number of nitrogens with one attached hydrogen (secondary N) is 2. The predicted octanol–water partition coefficient (Wildman–Crippen LogP) is 0.106. The van der Waals surface area contributed by atoms with Crippen molar-refractivity contribution in [3.63, 3.8) is 0 Å². The van der Waals surface area contributed by atoms with Crippen LogP contribution in [0.5, 0.6) is 0 Å². The molecule has 66 valence electrons. The first kappa shape index (κ1) is 10.5. The number of allylic oxidation sites excluding steroid dienone is 1. The van der Waals surface area contributed by atoms with Crippen molar-refractivity contribution in [2.45, 2.75) is 13.8 Å². The molecule has 3 nitrogen and oxygen atoms in total. The van der Waals surface area contributed by atoms with Crippen LogP contribution in [0.15, 0.2) is 17.4 Å². The van der Waals surface area contributed by atoms with E-state index in [9.17, 15) is 4.79 Å². The summed E-state index contributed by atoms with van der Waals surface area (Å²) in [6.07, 6.45) is 3.27. The van der Waals surface area contributed by atoms with Gasteiger partial charge in [0.1, 0.15) is 0 Å². The Bertz CT molecular complexity index is 383. The zero-order chi connectivity index (χ0) is 9.56. The van der Waals surface area contributed by atoms with Crippen LogP contribution in [0, 0.1) is 0 Å². The lowest BCUT2D eigenvalue weighted by atomic mass is 10.5. The number of H-pyrrole nitrogens is 2. The molecule has 0 aliphatic heterocycles. The Morgan fingerprint density at radius 2 is 1.92 bits per heavy atom. The lowest BCUT2D eigenvalue weighted by molar-refractivity contribution is 1.17. The minimum Gasteiger partial charge on any atom is -0.306 e. The van der Waals surface area contributed by atoms with Crippen LogP contribution in [-0.4, -0.2) is 9.97 Å². The maximum absolute atomic E-state index is 10.6. The number of imidazole rings is 1. The third-order valence-corrected chi connectivity index (χ3v) is 1.12. The molecule has 12 heavy (non-hydrogen) atoms. The van der Waals surface area contributed by atoms with Crippen LogP contribution in [0.4, 0.5) is 0 Å². The number of aromatic amines is 2. The molecule has 0 unspecified atom stereocenters. The van der Waals surface area contributed by atoms with Crippen molar-refractivity contribution in [3.8, 4) is 0 Å². The maximum Gasteiger partial charge on any atom is 0.323 e.